The molecule has 1 saturated carbocycles. The van der Waals surface area contributed by atoms with Crippen LogP contribution in [-0.4, -0.2) is 51.5 Å². The Kier molecular flexibility index (Phi) is 7.26. The van der Waals surface area contributed by atoms with Crippen LogP contribution in [-0.2, 0) is 29.2 Å². The lowest BCUT2D eigenvalue weighted by Crippen LogP contribution is -2.44. The molecular formula is C31H38N8O2. The van der Waals surface area contributed by atoms with E-state index in [-0.39, 0.29) is 16.7 Å². The third kappa shape index (κ3) is 5.20. The average molecular weight is 555 g/mol. The Labute approximate surface area is 240 Å². The van der Waals surface area contributed by atoms with E-state index >= 15 is 0 Å². The van der Waals surface area contributed by atoms with E-state index in [1.165, 1.54) is 0 Å². The van der Waals surface area contributed by atoms with Crippen LogP contribution in [0.25, 0.3) is 0 Å². The number of rotatable bonds is 8. The lowest BCUT2D eigenvalue weighted by molar-refractivity contribution is 0.0699. The Bertz CT molecular complexity index is 1480. The molecular weight excluding hydrogens is 516 g/mol. The highest BCUT2D eigenvalue weighted by atomic mass is 16.5. The van der Waals surface area contributed by atoms with Gasteiger partial charge in [0.25, 0.3) is 5.91 Å². The van der Waals surface area contributed by atoms with Gasteiger partial charge in [-0.2, -0.15) is 5.26 Å². The number of carbonyl (C=O) groups is 1. The quantitative estimate of drug-likeness (QED) is 0.380. The van der Waals surface area contributed by atoms with Crippen molar-refractivity contribution in [2.24, 2.45) is 13.0 Å². The minimum atomic E-state index is -0.337. The number of hydrogen-bond acceptors (Lipinski definition) is 8. The van der Waals surface area contributed by atoms with Gasteiger partial charge in [-0.3, -0.25) is 4.79 Å². The molecule has 3 N–H and O–H groups in total. The first-order valence-corrected chi connectivity index (χ1v) is 14.5. The fourth-order valence-electron chi connectivity index (χ4n) is 6.64. The Morgan fingerprint density at radius 1 is 1.29 bits per heavy atom. The van der Waals surface area contributed by atoms with E-state index in [4.69, 9.17) is 9.72 Å². The van der Waals surface area contributed by atoms with Crippen LogP contribution in [0.2, 0.25) is 0 Å². The number of aromatic nitrogens is 4. The van der Waals surface area contributed by atoms with Crippen molar-refractivity contribution in [1.82, 2.24) is 25.1 Å². The molecule has 3 aromatic rings. The summed E-state index contributed by atoms with van der Waals surface area (Å²) < 4.78 is 7.59. The highest BCUT2D eigenvalue weighted by Gasteiger charge is 2.49. The van der Waals surface area contributed by atoms with Gasteiger partial charge in [-0.15, -0.1) is 10.2 Å². The number of anilines is 2. The van der Waals surface area contributed by atoms with E-state index in [1.54, 1.807) is 6.33 Å². The van der Waals surface area contributed by atoms with Gasteiger partial charge in [0.05, 0.1) is 29.5 Å². The van der Waals surface area contributed by atoms with Crippen LogP contribution in [0, 0.1) is 17.2 Å². The number of amides is 1. The number of fused-ring (bicyclic) bond motifs is 1. The van der Waals surface area contributed by atoms with E-state index in [0.29, 0.717) is 42.9 Å². The summed E-state index contributed by atoms with van der Waals surface area (Å²) in [6.45, 7) is 7.26. The summed E-state index contributed by atoms with van der Waals surface area (Å²) in [6, 6.07) is 12.5. The van der Waals surface area contributed by atoms with Crippen LogP contribution in [0.4, 0.5) is 11.4 Å². The highest BCUT2D eigenvalue weighted by molar-refractivity contribution is 6.03. The molecule has 41 heavy (non-hydrogen) atoms. The Morgan fingerprint density at radius 2 is 2.15 bits per heavy atom. The molecule has 2 aliphatic heterocycles. The van der Waals surface area contributed by atoms with Gasteiger partial charge in [-0.05, 0) is 60.9 Å². The minimum absolute atomic E-state index is 0.180. The Morgan fingerprint density at radius 3 is 2.88 bits per heavy atom. The summed E-state index contributed by atoms with van der Waals surface area (Å²) in [5.74, 6) is 0.957. The zero-order chi connectivity index (χ0) is 28.6. The van der Waals surface area contributed by atoms with Gasteiger partial charge < -0.3 is 25.3 Å². The molecule has 10 nitrogen and oxygen atoms in total. The first-order valence-electron chi connectivity index (χ1n) is 14.5. The summed E-state index contributed by atoms with van der Waals surface area (Å²) in [4.78, 5) is 18.5. The third-order valence-electron chi connectivity index (χ3n) is 8.89. The number of carbonyl (C=O) groups excluding carboxylic acids is 1. The van der Waals surface area contributed by atoms with Crippen LogP contribution >= 0.6 is 0 Å². The number of aryl methyl sites for hydroxylation is 1. The molecule has 2 aromatic heterocycles. The van der Waals surface area contributed by atoms with Crippen molar-refractivity contribution in [2.75, 3.05) is 30.4 Å². The van der Waals surface area contributed by atoms with Crippen molar-refractivity contribution in [1.29, 1.82) is 5.26 Å². The largest absolute Gasteiger partial charge is 0.382 e. The number of nitrogens with zero attached hydrogens (tertiary/aromatic N) is 5. The molecule has 0 bridgehead atoms. The molecule has 0 radical (unpaired) electrons. The summed E-state index contributed by atoms with van der Waals surface area (Å²) in [5.41, 5.74) is 4.66. The topological polar surface area (TPSA) is 130 Å². The van der Waals surface area contributed by atoms with Crippen LogP contribution in [0.15, 0.2) is 36.7 Å². The SMILES string of the molecule is Cn1cnnc1C1(c2cccc(NC(=O)c3cc(CN[C@@H]4CCCOC4)c4c(n3)C(C)(C)CN4)c2)CC(CC#N)C1. The smallest absolute Gasteiger partial charge is 0.274 e. The lowest BCUT2D eigenvalue weighted by atomic mass is 9.57. The fraction of sp³-hybridized carbons (Fsp3) is 0.516. The van der Waals surface area contributed by atoms with E-state index < -0.39 is 0 Å². The maximum atomic E-state index is 13.7. The summed E-state index contributed by atoms with van der Waals surface area (Å²) >= 11 is 0. The van der Waals surface area contributed by atoms with Crippen LogP contribution in [0.3, 0.4) is 0 Å². The maximum absolute atomic E-state index is 13.7. The second-order valence-electron chi connectivity index (χ2n) is 12.4. The van der Waals surface area contributed by atoms with Crippen LogP contribution in [0.1, 0.15) is 79.1 Å². The van der Waals surface area contributed by atoms with E-state index in [0.717, 1.165) is 67.2 Å². The molecule has 1 atom stereocenters. The summed E-state index contributed by atoms with van der Waals surface area (Å²) in [6.07, 6.45) is 6.02. The normalized spacial score (nSPS) is 24.5. The molecule has 3 aliphatic rings. The molecule has 1 saturated heterocycles. The van der Waals surface area contributed by atoms with Crippen molar-refractivity contribution >= 4 is 17.3 Å². The Balaban J connectivity index is 1.26. The molecule has 0 unspecified atom stereocenters. The molecule has 1 aromatic carbocycles. The second-order valence-corrected chi connectivity index (χ2v) is 12.4. The molecule has 6 rings (SSSR count). The second kappa shape index (κ2) is 10.9. The molecule has 2 fully saturated rings. The molecule has 0 spiro atoms. The number of ether oxygens (including phenoxy) is 1. The highest BCUT2D eigenvalue weighted by Crippen LogP contribution is 2.53. The van der Waals surface area contributed by atoms with E-state index in [1.807, 2.05) is 35.9 Å². The summed E-state index contributed by atoms with van der Waals surface area (Å²) in [5, 5.41) is 28.1. The van der Waals surface area contributed by atoms with Crippen molar-refractivity contribution in [3.05, 3.63) is 65.0 Å². The predicted octanol–water partition coefficient (Wildman–Crippen LogP) is 4.04. The third-order valence-corrected chi connectivity index (χ3v) is 8.89. The molecule has 1 amide bonds. The average Bonchev–Trinajstić information content (AvgIpc) is 3.52. The van der Waals surface area contributed by atoms with Gasteiger partial charge in [0.2, 0.25) is 0 Å². The van der Waals surface area contributed by atoms with Crippen LogP contribution in [0.5, 0.6) is 0 Å². The summed E-state index contributed by atoms with van der Waals surface area (Å²) in [7, 11) is 1.95. The minimum Gasteiger partial charge on any atom is -0.382 e. The fourth-order valence-corrected chi connectivity index (χ4v) is 6.64. The van der Waals surface area contributed by atoms with E-state index in [9.17, 15) is 10.1 Å². The van der Waals surface area contributed by atoms with Gasteiger partial charge >= 0.3 is 0 Å². The van der Waals surface area contributed by atoms with Crippen molar-refractivity contribution < 1.29 is 9.53 Å². The van der Waals surface area contributed by atoms with E-state index in [2.05, 4.69) is 52.1 Å². The number of hydrogen-bond donors (Lipinski definition) is 3. The molecule has 10 heteroatoms. The monoisotopic (exact) mass is 554 g/mol. The van der Waals surface area contributed by atoms with Gasteiger partial charge in [0.15, 0.2) is 0 Å². The predicted molar refractivity (Wildman–Crippen MR) is 156 cm³/mol. The number of pyridine rings is 1. The van der Waals surface area contributed by atoms with Crippen molar-refractivity contribution in [2.45, 2.75) is 69.4 Å². The van der Waals surface area contributed by atoms with Crippen molar-refractivity contribution in [3.63, 3.8) is 0 Å². The molecule has 4 heterocycles. The lowest BCUT2D eigenvalue weighted by Gasteiger charge is -2.46. The molecule has 1 aliphatic carbocycles. The van der Waals surface area contributed by atoms with Crippen LogP contribution < -0.4 is 16.0 Å². The zero-order valence-corrected chi connectivity index (χ0v) is 24.0. The first-order chi connectivity index (χ1) is 19.8. The Hall–Kier alpha value is -3.81. The zero-order valence-electron chi connectivity index (χ0n) is 24.0. The molecule has 214 valence electrons. The van der Waals surface area contributed by atoms with Crippen molar-refractivity contribution in [3.8, 4) is 6.07 Å². The van der Waals surface area contributed by atoms with Gasteiger partial charge in [-0.25, -0.2) is 4.98 Å². The van der Waals surface area contributed by atoms with Gasteiger partial charge in [0, 0.05) is 50.3 Å². The number of benzene rings is 1. The first kappa shape index (κ1) is 27.4. The number of nitriles is 1. The number of nitrogens with one attached hydrogen (secondary N) is 3. The van der Waals surface area contributed by atoms with Gasteiger partial charge in [0.1, 0.15) is 17.8 Å². The standard InChI is InChI=1S/C31H38N8O2/c1-30(2)18-34-26-21(16-33-24-8-5-11-41-17-24)12-25(37-27(26)30)28(40)36-23-7-4-6-22(13-23)31(14-20(15-31)9-10-32)29-38-35-19-39(29)3/h4,6-7,12-13,19-20,24,33-34H,5,8-9,11,14-18H2,1-3H3,(H,36,40)/t20?,24-,31?/m1/s1. The van der Waals surface area contributed by atoms with Gasteiger partial charge in [-0.1, -0.05) is 26.0 Å². The maximum Gasteiger partial charge on any atom is 0.274 e.